The lowest BCUT2D eigenvalue weighted by Crippen LogP contribution is -2.08. The third-order valence-electron chi connectivity index (χ3n) is 4.56. The molecule has 3 aromatic rings. The highest BCUT2D eigenvalue weighted by Crippen LogP contribution is 2.37. The number of methoxy groups -OCH3 is 3. The van der Waals surface area contributed by atoms with Crippen molar-refractivity contribution in [2.45, 2.75) is 6.61 Å². The minimum Gasteiger partial charge on any atom is -0.493 e. The fourth-order valence-electron chi connectivity index (χ4n) is 2.98. The van der Waals surface area contributed by atoms with Gasteiger partial charge in [0.1, 0.15) is 6.61 Å². The summed E-state index contributed by atoms with van der Waals surface area (Å²) in [4.78, 5) is 12.4. The Morgan fingerprint density at radius 2 is 1.62 bits per heavy atom. The number of amides is 1. The van der Waals surface area contributed by atoms with Crippen molar-refractivity contribution in [1.29, 1.82) is 0 Å². The van der Waals surface area contributed by atoms with Crippen LogP contribution in [0.3, 0.4) is 0 Å². The maximum atomic E-state index is 12.4. The minimum atomic E-state index is -0.281. The Morgan fingerprint density at radius 3 is 2.31 bits per heavy atom. The van der Waals surface area contributed by atoms with Gasteiger partial charge in [0.25, 0.3) is 0 Å². The molecule has 166 valence electrons. The molecule has 1 N–H and O–H groups in total. The van der Waals surface area contributed by atoms with Crippen molar-refractivity contribution in [3.63, 3.8) is 0 Å². The zero-order valence-corrected chi connectivity index (χ0v) is 19.6. The Hall–Kier alpha value is -3.45. The van der Waals surface area contributed by atoms with E-state index >= 15 is 0 Å². The number of rotatable bonds is 9. The summed E-state index contributed by atoms with van der Waals surface area (Å²) < 4.78 is 22.6. The van der Waals surface area contributed by atoms with E-state index in [9.17, 15) is 4.79 Å². The fourth-order valence-corrected chi connectivity index (χ4v) is 3.55. The highest BCUT2D eigenvalue weighted by atomic mass is 79.9. The van der Waals surface area contributed by atoms with Gasteiger partial charge in [-0.2, -0.15) is 0 Å². The van der Waals surface area contributed by atoms with Gasteiger partial charge >= 0.3 is 0 Å². The van der Waals surface area contributed by atoms with Crippen LogP contribution in [0.25, 0.3) is 6.08 Å². The summed E-state index contributed by atoms with van der Waals surface area (Å²) in [6.07, 6.45) is 3.15. The number of hydrogen-bond acceptors (Lipinski definition) is 5. The number of halogens is 1. The number of anilines is 1. The SMILES string of the molecule is COc1ccc(NC(=O)/C=C/c2cc(Br)c(OCc3ccccc3)c(OC)c2)cc1OC. The third kappa shape index (κ3) is 6.04. The fraction of sp³-hybridized carbons (Fsp3) is 0.160. The minimum absolute atomic E-state index is 0.281. The summed E-state index contributed by atoms with van der Waals surface area (Å²) in [7, 11) is 4.68. The van der Waals surface area contributed by atoms with Crippen molar-refractivity contribution in [1.82, 2.24) is 0 Å². The van der Waals surface area contributed by atoms with Crippen LogP contribution >= 0.6 is 15.9 Å². The molecule has 0 radical (unpaired) electrons. The van der Waals surface area contributed by atoms with E-state index in [1.165, 1.54) is 6.08 Å². The summed E-state index contributed by atoms with van der Waals surface area (Å²) in [6.45, 7) is 0.415. The molecule has 0 aliphatic heterocycles. The van der Waals surface area contributed by atoms with E-state index < -0.39 is 0 Å². The van der Waals surface area contributed by atoms with E-state index in [2.05, 4.69) is 21.2 Å². The topological polar surface area (TPSA) is 66.0 Å². The maximum absolute atomic E-state index is 12.4. The second kappa shape index (κ2) is 11.2. The van der Waals surface area contributed by atoms with Gasteiger partial charge in [0.05, 0.1) is 25.8 Å². The third-order valence-corrected chi connectivity index (χ3v) is 5.15. The molecule has 7 heteroatoms. The standard InChI is InChI=1S/C25H24BrNO5/c1-29-21-11-10-19(15-22(21)30-2)27-24(28)12-9-18-13-20(26)25(23(14-18)31-3)32-16-17-7-5-4-6-8-17/h4-15H,16H2,1-3H3,(H,27,28)/b12-9+. The molecule has 0 fully saturated rings. The molecule has 0 saturated carbocycles. The molecule has 0 aliphatic carbocycles. The molecule has 0 heterocycles. The van der Waals surface area contributed by atoms with Crippen molar-refractivity contribution < 1.29 is 23.7 Å². The molecule has 0 aromatic heterocycles. The van der Waals surface area contributed by atoms with Gasteiger partial charge in [0.15, 0.2) is 23.0 Å². The van der Waals surface area contributed by atoms with E-state index in [1.54, 1.807) is 45.6 Å². The van der Waals surface area contributed by atoms with Crippen LogP contribution in [0.15, 0.2) is 71.2 Å². The Balaban J connectivity index is 1.70. The van der Waals surface area contributed by atoms with Crippen LogP contribution in [0.4, 0.5) is 5.69 Å². The van der Waals surface area contributed by atoms with Crippen LogP contribution in [-0.4, -0.2) is 27.2 Å². The monoisotopic (exact) mass is 497 g/mol. The van der Waals surface area contributed by atoms with Crippen LogP contribution in [0.1, 0.15) is 11.1 Å². The first-order valence-corrected chi connectivity index (χ1v) is 10.6. The number of carbonyl (C=O) groups is 1. The second-order valence-corrected chi connectivity index (χ2v) is 7.56. The van der Waals surface area contributed by atoms with Gasteiger partial charge in [0, 0.05) is 17.8 Å². The quantitative estimate of drug-likeness (QED) is 0.383. The first kappa shape index (κ1) is 23.2. The molecule has 6 nitrogen and oxygen atoms in total. The second-order valence-electron chi connectivity index (χ2n) is 6.70. The first-order chi connectivity index (χ1) is 15.5. The van der Waals surface area contributed by atoms with Gasteiger partial charge < -0.3 is 24.3 Å². The Morgan fingerprint density at radius 1 is 0.906 bits per heavy atom. The van der Waals surface area contributed by atoms with Gasteiger partial charge in [-0.05, 0) is 57.4 Å². The van der Waals surface area contributed by atoms with Gasteiger partial charge in [-0.25, -0.2) is 0 Å². The van der Waals surface area contributed by atoms with Crippen molar-refractivity contribution in [3.8, 4) is 23.0 Å². The molecule has 0 aliphatic rings. The number of hydrogen-bond donors (Lipinski definition) is 1. The Bertz CT molecular complexity index is 1100. The molecule has 1 amide bonds. The van der Waals surface area contributed by atoms with Crippen LogP contribution < -0.4 is 24.3 Å². The molecule has 32 heavy (non-hydrogen) atoms. The van der Waals surface area contributed by atoms with E-state index in [0.717, 1.165) is 15.6 Å². The Kier molecular flexibility index (Phi) is 8.16. The van der Waals surface area contributed by atoms with Crippen molar-refractivity contribution in [2.75, 3.05) is 26.6 Å². The van der Waals surface area contributed by atoms with Crippen LogP contribution in [-0.2, 0) is 11.4 Å². The van der Waals surface area contributed by atoms with Crippen molar-refractivity contribution in [2.24, 2.45) is 0 Å². The highest BCUT2D eigenvalue weighted by molar-refractivity contribution is 9.10. The highest BCUT2D eigenvalue weighted by Gasteiger charge is 2.12. The largest absolute Gasteiger partial charge is 0.493 e. The lowest BCUT2D eigenvalue weighted by molar-refractivity contribution is -0.111. The number of ether oxygens (including phenoxy) is 4. The summed E-state index contributed by atoms with van der Waals surface area (Å²) in [6, 6.07) is 18.7. The Labute approximate surface area is 195 Å². The van der Waals surface area contributed by atoms with Gasteiger partial charge in [-0.1, -0.05) is 30.3 Å². The van der Waals surface area contributed by atoms with E-state index in [0.29, 0.717) is 35.3 Å². The first-order valence-electron chi connectivity index (χ1n) is 9.79. The van der Waals surface area contributed by atoms with Gasteiger partial charge in [-0.3, -0.25) is 4.79 Å². The summed E-state index contributed by atoms with van der Waals surface area (Å²) in [5.41, 5.74) is 2.43. The smallest absolute Gasteiger partial charge is 0.248 e. The van der Waals surface area contributed by atoms with E-state index in [-0.39, 0.29) is 5.91 Å². The lowest BCUT2D eigenvalue weighted by atomic mass is 10.2. The van der Waals surface area contributed by atoms with Crippen molar-refractivity contribution >= 4 is 33.6 Å². The summed E-state index contributed by atoms with van der Waals surface area (Å²) in [5.74, 6) is 2.01. The zero-order valence-electron chi connectivity index (χ0n) is 18.1. The molecule has 0 spiro atoms. The van der Waals surface area contributed by atoms with E-state index in [1.807, 2.05) is 42.5 Å². The molecule has 3 aromatic carbocycles. The molecule has 0 atom stereocenters. The number of nitrogens with one attached hydrogen (secondary N) is 1. The number of benzene rings is 3. The zero-order chi connectivity index (χ0) is 22.9. The predicted octanol–water partition coefficient (Wildman–Crippen LogP) is 5.71. The number of carbonyl (C=O) groups excluding carboxylic acids is 1. The lowest BCUT2D eigenvalue weighted by Gasteiger charge is -2.13. The molecule has 0 bridgehead atoms. The average Bonchev–Trinajstić information content (AvgIpc) is 2.82. The van der Waals surface area contributed by atoms with Gasteiger partial charge in [0.2, 0.25) is 5.91 Å². The van der Waals surface area contributed by atoms with E-state index in [4.69, 9.17) is 18.9 Å². The predicted molar refractivity (Wildman–Crippen MR) is 129 cm³/mol. The average molecular weight is 498 g/mol. The molecule has 0 unspecified atom stereocenters. The molecule has 0 saturated heterocycles. The summed E-state index contributed by atoms with van der Waals surface area (Å²) in [5, 5.41) is 2.80. The normalized spacial score (nSPS) is 10.6. The summed E-state index contributed by atoms with van der Waals surface area (Å²) >= 11 is 3.54. The van der Waals surface area contributed by atoms with Crippen LogP contribution in [0.2, 0.25) is 0 Å². The molecular weight excluding hydrogens is 474 g/mol. The van der Waals surface area contributed by atoms with Crippen LogP contribution in [0, 0.1) is 0 Å². The van der Waals surface area contributed by atoms with Crippen molar-refractivity contribution in [3.05, 3.63) is 82.3 Å². The maximum Gasteiger partial charge on any atom is 0.248 e. The molecular formula is C25H24BrNO5. The van der Waals surface area contributed by atoms with Crippen LogP contribution in [0.5, 0.6) is 23.0 Å². The van der Waals surface area contributed by atoms with Gasteiger partial charge in [-0.15, -0.1) is 0 Å². The molecule has 3 rings (SSSR count).